The Morgan fingerprint density at radius 1 is 1.09 bits per heavy atom. The smallest absolute Gasteiger partial charge is 0.257 e. The van der Waals surface area contributed by atoms with Gasteiger partial charge in [0.2, 0.25) is 11.8 Å². The number of nitrogens with two attached hydrogens (primary N) is 1. The number of halogens is 2. The molecule has 0 bridgehead atoms. The van der Waals surface area contributed by atoms with E-state index in [0.717, 1.165) is 18.4 Å². The molecular weight excluding hydrogens is 509 g/mol. The van der Waals surface area contributed by atoms with Crippen LogP contribution in [0.15, 0.2) is 48.5 Å². The normalized spacial score (nSPS) is 13.9. The minimum atomic E-state index is -0.464. The van der Waals surface area contributed by atoms with Gasteiger partial charge in [0.25, 0.3) is 5.91 Å². The minimum absolute atomic E-state index is 0.209. The minimum Gasteiger partial charge on any atom is -0.439 e. The number of aromatic nitrogens is 2. The molecule has 2 aromatic carbocycles. The van der Waals surface area contributed by atoms with Crippen molar-refractivity contribution in [1.29, 1.82) is 0 Å². The summed E-state index contributed by atoms with van der Waals surface area (Å²) in [4.78, 5) is 33.6. The molecule has 0 atom stereocenters. The Labute approximate surface area is 214 Å². The highest BCUT2D eigenvalue weighted by molar-refractivity contribution is 7.21. The third-order valence-corrected chi connectivity index (χ3v) is 7.11. The molecule has 1 fully saturated rings. The lowest BCUT2D eigenvalue weighted by atomic mass is 10.0. The van der Waals surface area contributed by atoms with E-state index in [2.05, 4.69) is 20.6 Å². The second kappa shape index (κ2) is 9.09. The molecule has 1 aliphatic rings. The quantitative estimate of drug-likeness (QED) is 0.285. The van der Waals surface area contributed by atoms with Gasteiger partial charge in [-0.3, -0.25) is 9.59 Å². The molecule has 8 nitrogen and oxygen atoms in total. The van der Waals surface area contributed by atoms with Crippen LogP contribution in [0.2, 0.25) is 10.0 Å². The van der Waals surface area contributed by atoms with E-state index in [1.165, 1.54) is 18.3 Å². The van der Waals surface area contributed by atoms with Gasteiger partial charge in [0.15, 0.2) is 5.13 Å². The number of hydrogen-bond donors (Lipinski definition) is 3. The molecule has 0 radical (unpaired) electrons. The molecule has 11 heteroatoms. The van der Waals surface area contributed by atoms with E-state index in [1.54, 1.807) is 42.5 Å². The summed E-state index contributed by atoms with van der Waals surface area (Å²) in [6.45, 7) is 1.41. The number of amides is 2. The zero-order valence-electron chi connectivity index (χ0n) is 18.4. The summed E-state index contributed by atoms with van der Waals surface area (Å²) < 4.78 is 5.88. The third-order valence-electron chi connectivity index (χ3n) is 5.49. The predicted octanol–water partition coefficient (Wildman–Crippen LogP) is 5.95. The first kappa shape index (κ1) is 23.5. The largest absolute Gasteiger partial charge is 0.439 e. The fraction of sp³-hybridized carbons (Fsp3) is 0.167. The number of fused-ring (bicyclic) bond motifs is 1. The van der Waals surface area contributed by atoms with Gasteiger partial charge in [-0.15, -0.1) is 0 Å². The van der Waals surface area contributed by atoms with Crippen molar-refractivity contribution in [1.82, 2.24) is 9.97 Å². The lowest BCUT2D eigenvalue weighted by Crippen LogP contribution is -2.21. The zero-order chi connectivity index (χ0) is 24.7. The maximum absolute atomic E-state index is 13.0. The van der Waals surface area contributed by atoms with Crippen molar-refractivity contribution in [3.63, 3.8) is 0 Å². The van der Waals surface area contributed by atoms with Gasteiger partial charge in [0, 0.05) is 24.6 Å². The Bertz CT molecular complexity index is 1490. The topological polar surface area (TPSA) is 119 Å². The average molecular weight is 528 g/mol. The highest BCUT2D eigenvalue weighted by Gasteiger charge is 2.42. The lowest BCUT2D eigenvalue weighted by molar-refractivity contribution is -0.114. The highest BCUT2D eigenvalue weighted by Crippen LogP contribution is 2.46. The molecule has 0 aliphatic heterocycles. The van der Waals surface area contributed by atoms with Crippen molar-refractivity contribution in [3.05, 3.63) is 69.7 Å². The molecule has 1 aliphatic carbocycles. The van der Waals surface area contributed by atoms with Crippen molar-refractivity contribution < 1.29 is 14.3 Å². The number of benzene rings is 2. The molecule has 0 unspecified atom stereocenters. The van der Waals surface area contributed by atoms with Crippen LogP contribution in [-0.2, 0) is 10.3 Å². The fourth-order valence-corrected chi connectivity index (χ4v) is 4.97. The predicted molar refractivity (Wildman–Crippen MR) is 138 cm³/mol. The van der Waals surface area contributed by atoms with Crippen LogP contribution in [0.5, 0.6) is 11.6 Å². The molecule has 0 spiro atoms. The summed E-state index contributed by atoms with van der Waals surface area (Å²) in [7, 11) is 0. The van der Waals surface area contributed by atoms with Crippen LogP contribution in [0.3, 0.4) is 0 Å². The third kappa shape index (κ3) is 4.94. The van der Waals surface area contributed by atoms with Crippen molar-refractivity contribution >= 4 is 67.5 Å². The van der Waals surface area contributed by atoms with E-state index in [-0.39, 0.29) is 5.91 Å². The van der Waals surface area contributed by atoms with Gasteiger partial charge in [-0.1, -0.05) is 46.7 Å². The van der Waals surface area contributed by atoms with Crippen molar-refractivity contribution in [3.8, 4) is 11.6 Å². The Balaban J connectivity index is 1.36. The van der Waals surface area contributed by atoms with Crippen LogP contribution in [0, 0.1) is 0 Å². The molecule has 2 amide bonds. The first-order valence-corrected chi connectivity index (χ1v) is 12.2. The molecule has 35 heavy (non-hydrogen) atoms. The number of anilines is 2. The number of nitrogens with zero attached hydrogens (tertiary/aromatic N) is 2. The van der Waals surface area contributed by atoms with Gasteiger partial charge < -0.3 is 21.1 Å². The number of ether oxygens (including phenoxy) is 1. The van der Waals surface area contributed by atoms with E-state index in [0.29, 0.717) is 48.4 Å². The number of hydrogen-bond acceptors (Lipinski definition) is 7. The number of pyridine rings is 1. The zero-order valence-corrected chi connectivity index (χ0v) is 20.7. The van der Waals surface area contributed by atoms with Crippen LogP contribution >= 0.6 is 34.5 Å². The van der Waals surface area contributed by atoms with Gasteiger partial charge in [-0.25, -0.2) is 9.97 Å². The molecule has 0 saturated heterocycles. The second-order valence-corrected chi connectivity index (χ2v) is 9.96. The average Bonchev–Trinajstić information content (AvgIpc) is 3.42. The summed E-state index contributed by atoms with van der Waals surface area (Å²) in [5.74, 6) is 0.125. The number of rotatable bonds is 6. The Morgan fingerprint density at radius 3 is 2.63 bits per heavy atom. The number of carbonyl (C=O) groups excluding carboxylic acids is 2. The number of carbonyl (C=O) groups is 2. The molecule has 5 rings (SSSR count). The van der Waals surface area contributed by atoms with E-state index in [1.807, 2.05) is 6.07 Å². The first-order valence-electron chi connectivity index (χ1n) is 10.6. The molecule has 2 heterocycles. The summed E-state index contributed by atoms with van der Waals surface area (Å²) in [6, 6.07) is 13.6. The van der Waals surface area contributed by atoms with Crippen molar-refractivity contribution in [2.45, 2.75) is 25.3 Å². The fourth-order valence-electron chi connectivity index (χ4n) is 3.53. The van der Waals surface area contributed by atoms with E-state index < -0.39 is 11.4 Å². The maximum Gasteiger partial charge on any atom is 0.257 e. The van der Waals surface area contributed by atoms with Crippen molar-refractivity contribution in [2.24, 2.45) is 5.73 Å². The van der Waals surface area contributed by atoms with E-state index in [4.69, 9.17) is 33.7 Å². The van der Waals surface area contributed by atoms with Gasteiger partial charge >= 0.3 is 0 Å². The van der Waals surface area contributed by atoms with Crippen LogP contribution in [0.1, 0.15) is 35.7 Å². The lowest BCUT2D eigenvalue weighted by Gasteiger charge is -2.15. The Morgan fingerprint density at radius 2 is 1.89 bits per heavy atom. The summed E-state index contributed by atoms with van der Waals surface area (Å²) in [5, 5.41) is 6.58. The van der Waals surface area contributed by atoms with Crippen LogP contribution in [-0.4, -0.2) is 21.8 Å². The Hall–Kier alpha value is -3.24. The molecule has 2 aromatic heterocycles. The number of nitrogens with one attached hydrogen (secondary N) is 2. The highest BCUT2D eigenvalue weighted by atomic mass is 35.5. The summed E-state index contributed by atoms with van der Waals surface area (Å²) >= 11 is 14.1. The standard InChI is InChI=1S/C24H19Cl2N5O3S/c1-12(32)28-23-30-17-7-8-19(31-22(17)35-23)34-13-5-6-16(25)18(11-13)29-21(33)14-3-2-4-15(20(14)26)24(27)9-10-24/h2-8,11H,9-10,27H2,1H3,(H,29,33)(H,28,30,32). The van der Waals surface area contributed by atoms with E-state index >= 15 is 0 Å². The van der Waals surface area contributed by atoms with Crippen LogP contribution < -0.4 is 21.1 Å². The summed E-state index contributed by atoms with van der Waals surface area (Å²) in [5.41, 5.74) is 7.90. The number of thiazole rings is 1. The van der Waals surface area contributed by atoms with Crippen molar-refractivity contribution in [2.75, 3.05) is 10.6 Å². The molecule has 4 aromatic rings. The van der Waals surface area contributed by atoms with Gasteiger partial charge in [0.05, 0.1) is 21.3 Å². The molecular formula is C24H19Cl2N5O3S. The SMILES string of the molecule is CC(=O)Nc1nc2ccc(Oc3ccc(Cl)c(NC(=O)c4cccc(C5(N)CC5)c4Cl)c3)nc2s1. The molecule has 178 valence electrons. The Kier molecular flexibility index (Phi) is 6.10. The van der Waals surface area contributed by atoms with Crippen LogP contribution in [0.4, 0.5) is 10.8 Å². The maximum atomic E-state index is 13.0. The first-order chi connectivity index (χ1) is 16.7. The monoisotopic (exact) mass is 527 g/mol. The van der Waals surface area contributed by atoms with E-state index in [9.17, 15) is 9.59 Å². The molecule has 4 N–H and O–H groups in total. The molecule has 1 saturated carbocycles. The van der Waals surface area contributed by atoms with Gasteiger partial charge in [-0.2, -0.15) is 0 Å². The van der Waals surface area contributed by atoms with Gasteiger partial charge in [-0.05, 0) is 42.7 Å². The van der Waals surface area contributed by atoms with Crippen LogP contribution in [0.25, 0.3) is 10.3 Å². The summed E-state index contributed by atoms with van der Waals surface area (Å²) in [6.07, 6.45) is 1.66. The van der Waals surface area contributed by atoms with Gasteiger partial charge in [0.1, 0.15) is 16.1 Å². The second-order valence-electron chi connectivity index (χ2n) is 8.20.